The maximum Gasteiger partial charge on any atom is 0.256 e. The highest BCUT2D eigenvalue weighted by molar-refractivity contribution is 6.04. The van der Waals surface area contributed by atoms with Crippen molar-refractivity contribution < 1.29 is 9.18 Å². The van der Waals surface area contributed by atoms with Crippen molar-refractivity contribution in [1.29, 1.82) is 0 Å². The molecule has 4 aromatic rings. The van der Waals surface area contributed by atoms with Gasteiger partial charge in [-0.05, 0) is 53.9 Å². The molecule has 148 valence electrons. The first-order valence-electron chi connectivity index (χ1n) is 9.59. The van der Waals surface area contributed by atoms with E-state index in [9.17, 15) is 14.0 Å². The molecule has 0 aliphatic carbocycles. The maximum absolute atomic E-state index is 13.2. The molecule has 0 unspecified atom stereocenters. The van der Waals surface area contributed by atoms with Crippen molar-refractivity contribution in [2.75, 3.05) is 6.54 Å². The van der Waals surface area contributed by atoms with E-state index in [1.54, 1.807) is 53.8 Å². The fourth-order valence-corrected chi connectivity index (χ4v) is 3.84. The van der Waals surface area contributed by atoms with Gasteiger partial charge in [-0.25, -0.2) is 4.39 Å². The first kappa shape index (κ1) is 18.2. The van der Waals surface area contributed by atoms with Crippen molar-refractivity contribution in [3.63, 3.8) is 0 Å². The number of carbonyl (C=O) groups excluding carboxylic acids is 1. The average molecular weight is 400 g/mol. The van der Waals surface area contributed by atoms with E-state index in [0.717, 1.165) is 11.1 Å². The van der Waals surface area contributed by atoms with Crippen LogP contribution in [0.2, 0.25) is 0 Å². The number of hydrogen-bond donors (Lipinski definition) is 0. The summed E-state index contributed by atoms with van der Waals surface area (Å²) in [5.41, 5.74) is 3.99. The zero-order valence-electron chi connectivity index (χ0n) is 16.0. The highest BCUT2D eigenvalue weighted by Crippen LogP contribution is 2.23. The molecule has 0 N–H and O–H groups in total. The van der Waals surface area contributed by atoms with Gasteiger partial charge in [-0.2, -0.15) is 0 Å². The number of benzene rings is 2. The molecule has 2 aromatic heterocycles. The fourth-order valence-electron chi connectivity index (χ4n) is 3.84. The van der Waals surface area contributed by atoms with E-state index in [1.165, 1.54) is 16.7 Å². The minimum absolute atomic E-state index is 0.119. The lowest BCUT2D eigenvalue weighted by Gasteiger charge is -2.29. The Morgan fingerprint density at radius 2 is 1.80 bits per heavy atom. The normalized spacial score (nSPS) is 13.3. The summed E-state index contributed by atoms with van der Waals surface area (Å²) < 4.78 is 14.7. The second-order valence-electron chi connectivity index (χ2n) is 7.21. The van der Waals surface area contributed by atoms with Crippen LogP contribution in [0.5, 0.6) is 0 Å². The Balaban J connectivity index is 1.50. The number of rotatable bonds is 2. The summed E-state index contributed by atoms with van der Waals surface area (Å²) in [4.78, 5) is 36.1. The number of hydrogen-bond acceptors (Lipinski definition) is 4. The second kappa shape index (κ2) is 7.18. The molecule has 0 fully saturated rings. The third kappa shape index (κ3) is 3.14. The quantitative estimate of drug-likeness (QED) is 0.519. The summed E-state index contributed by atoms with van der Waals surface area (Å²) >= 11 is 0. The van der Waals surface area contributed by atoms with Crippen LogP contribution in [-0.4, -0.2) is 31.9 Å². The van der Waals surface area contributed by atoms with Crippen molar-refractivity contribution in [2.24, 2.45) is 0 Å². The van der Waals surface area contributed by atoms with Gasteiger partial charge in [-0.1, -0.05) is 6.07 Å². The van der Waals surface area contributed by atoms with Gasteiger partial charge in [0.2, 0.25) is 0 Å². The Hall–Kier alpha value is -3.87. The number of amides is 1. The van der Waals surface area contributed by atoms with Crippen LogP contribution in [0.1, 0.15) is 21.5 Å². The monoisotopic (exact) mass is 400 g/mol. The molecule has 0 radical (unpaired) electrons. The van der Waals surface area contributed by atoms with E-state index in [2.05, 4.69) is 9.97 Å². The number of carbonyl (C=O) groups is 1. The molecule has 0 bridgehead atoms. The Labute approximate surface area is 171 Å². The molecule has 1 aliphatic heterocycles. The number of aromatic nitrogens is 3. The van der Waals surface area contributed by atoms with E-state index in [4.69, 9.17) is 0 Å². The highest BCUT2D eigenvalue weighted by atomic mass is 19.1. The maximum atomic E-state index is 13.2. The molecule has 1 amide bonds. The van der Waals surface area contributed by atoms with Gasteiger partial charge < -0.3 is 4.90 Å². The van der Waals surface area contributed by atoms with Gasteiger partial charge in [-0.3, -0.25) is 24.1 Å². The van der Waals surface area contributed by atoms with Crippen molar-refractivity contribution in [1.82, 2.24) is 19.4 Å². The first-order chi connectivity index (χ1) is 14.6. The molecule has 0 atom stereocenters. The first-order valence-corrected chi connectivity index (χ1v) is 9.59. The van der Waals surface area contributed by atoms with Gasteiger partial charge in [0.15, 0.2) is 0 Å². The summed E-state index contributed by atoms with van der Waals surface area (Å²) in [6.45, 7) is 0.898. The van der Waals surface area contributed by atoms with Crippen LogP contribution in [0, 0.1) is 5.82 Å². The topological polar surface area (TPSA) is 68.1 Å². The summed E-state index contributed by atoms with van der Waals surface area (Å²) in [5, 5.41) is 0. The second-order valence-corrected chi connectivity index (χ2v) is 7.21. The van der Waals surface area contributed by atoms with Crippen LogP contribution in [0.4, 0.5) is 4.39 Å². The molecule has 1 aliphatic rings. The Bertz CT molecular complexity index is 1330. The number of halogens is 1. The van der Waals surface area contributed by atoms with Crippen LogP contribution >= 0.6 is 0 Å². The lowest BCUT2D eigenvalue weighted by Crippen LogP contribution is -2.37. The van der Waals surface area contributed by atoms with E-state index in [-0.39, 0.29) is 17.3 Å². The number of fused-ring (bicyclic) bond motifs is 2. The van der Waals surface area contributed by atoms with Crippen LogP contribution < -0.4 is 5.56 Å². The summed E-state index contributed by atoms with van der Waals surface area (Å²) in [7, 11) is 0. The molecule has 7 heteroatoms. The molecule has 30 heavy (non-hydrogen) atoms. The third-order valence-corrected chi connectivity index (χ3v) is 5.37. The van der Waals surface area contributed by atoms with Crippen LogP contribution in [-0.2, 0) is 13.0 Å². The molecule has 0 spiro atoms. The van der Waals surface area contributed by atoms with Crippen LogP contribution in [0.3, 0.4) is 0 Å². The van der Waals surface area contributed by atoms with Crippen molar-refractivity contribution in [2.45, 2.75) is 13.0 Å². The lowest BCUT2D eigenvalue weighted by atomic mass is 10.0. The predicted octanol–water partition coefficient (Wildman–Crippen LogP) is 3.12. The highest BCUT2D eigenvalue weighted by Gasteiger charge is 2.24. The zero-order chi connectivity index (χ0) is 20.7. The zero-order valence-corrected chi connectivity index (χ0v) is 16.0. The third-order valence-electron chi connectivity index (χ3n) is 5.37. The molecule has 5 rings (SSSR count). The Morgan fingerprint density at radius 1 is 1.00 bits per heavy atom. The van der Waals surface area contributed by atoms with Crippen LogP contribution in [0.15, 0.2) is 71.9 Å². The van der Waals surface area contributed by atoms with Gasteiger partial charge in [-0.15, -0.1) is 0 Å². The summed E-state index contributed by atoms with van der Waals surface area (Å²) in [5.74, 6) is -0.481. The van der Waals surface area contributed by atoms with Crippen molar-refractivity contribution in [3.05, 3.63) is 100.0 Å². The Kier molecular flexibility index (Phi) is 4.35. The lowest BCUT2D eigenvalue weighted by molar-refractivity contribution is 0.0736. The van der Waals surface area contributed by atoms with E-state index in [1.807, 2.05) is 6.07 Å². The van der Waals surface area contributed by atoms with E-state index >= 15 is 0 Å². The smallest absolute Gasteiger partial charge is 0.256 e. The Morgan fingerprint density at radius 3 is 2.63 bits per heavy atom. The van der Waals surface area contributed by atoms with Crippen LogP contribution in [0.25, 0.3) is 16.7 Å². The van der Waals surface area contributed by atoms with Gasteiger partial charge >= 0.3 is 0 Å². The fraction of sp³-hybridized carbons (Fsp3) is 0.130. The molecule has 0 saturated heterocycles. The minimum atomic E-state index is -0.361. The van der Waals surface area contributed by atoms with Crippen molar-refractivity contribution in [3.8, 4) is 5.69 Å². The molecular formula is C23H17FN4O2. The average Bonchev–Trinajstić information content (AvgIpc) is 2.78. The summed E-state index contributed by atoms with van der Waals surface area (Å²) in [6.07, 6.45) is 5.51. The largest absolute Gasteiger partial charge is 0.334 e. The van der Waals surface area contributed by atoms with Gasteiger partial charge in [0, 0.05) is 43.4 Å². The standard InChI is InChI=1S/C23H17FN4O2/c24-17-4-6-18(7-5-17)28-14-16-13-27(11-8-15(16)12-21(28)29)23(30)19-2-1-3-20-22(19)26-10-9-25-20/h1-7,9-10,12,14H,8,11,13H2. The molecule has 3 heterocycles. The van der Waals surface area contributed by atoms with Gasteiger partial charge in [0.25, 0.3) is 11.5 Å². The molecular weight excluding hydrogens is 383 g/mol. The van der Waals surface area contributed by atoms with Gasteiger partial charge in [0.05, 0.1) is 11.1 Å². The minimum Gasteiger partial charge on any atom is -0.334 e. The molecule has 2 aromatic carbocycles. The summed E-state index contributed by atoms with van der Waals surface area (Å²) in [6, 6.07) is 12.7. The predicted molar refractivity (Wildman–Crippen MR) is 110 cm³/mol. The molecule has 0 saturated carbocycles. The number of para-hydroxylation sites is 1. The van der Waals surface area contributed by atoms with E-state index < -0.39 is 0 Å². The SMILES string of the molecule is O=C(c1cccc2nccnc12)N1CCc2cc(=O)n(-c3ccc(F)cc3)cc2C1. The van der Waals surface area contributed by atoms with E-state index in [0.29, 0.717) is 41.8 Å². The number of nitrogens with zero attached hydrogens (tertiary/aromatic N) is 4. The van der Waals surface area contributed by atoms with Gasteiger partial charge in [0.1, 0.15) is 11.3 Å². The number of pyridine rings is 1. The van der Waals surface area contributed by atoms with Crippen molar-refractivity contribution >= 4 is 16.9 Å². The molecule has 6 nitrogen and oxygen atoms in total.